The van der Waals surface area contributed by atoms with Gasteiger partial charge in [0.05, 0.1) is 27.4 Å². The summed E-state index contributed by atoms with van der Waals surface area (Å²) in [5, 5.41) is 4.39. The highest BCUT2D eigenvalue weighted by atomic mass is 19.1. The predicted molar refractivity (Wildman–Crippen MR) is 120 cm³/mol. The fourth-order valence-corrected chi connectivity index (χ4v) is 4.39. The van der Waals surface area contributed by atoms with Gasteiger partial charge in [-0.05, 0) is 49.7 Å². The number of likely N-dealkylation sites (tertiary alicyclic amines) is 1. The Balaban J connectivity index is 1.63. The molecule has 2 heterocycles. The van der Waals surface area contributed by atoms with E-state index in [1.165, 1.54) is 18.6 Å². The van der Waals surface area contributed by atoms with Crippen LogP contribution in [0.25, 0.3) is 11.3 Å². The zero-order valence-electron chi connectivity index (χ0n) is 18.8. The normalized spacial score (nSPS) is 17.1. The van der Waals surface area contributed by atoms with Crippen LogP contribution in [0.5, 0.6) is 17.2 Å². The Kier molecular flexibility index (Phi) is 6.95. The third-order valence-electron chi connectivity index (χ3n) is 6.02. The molecule has 3 aromatic rings. The molecule has 0 amide bonds. The largest absolute Gasteiger partial charge is 0.493 e. The SMILES string of the molecule is COc1ccc(CN2CCCCC[C@@H]2c2cc(-c3ccc(F)cc3)on2)c(OC)c1OC. The van der Waals surface area contributed by atoms with Gasteiger partial charge in [-0.3, -0.25) is 4.90 Å². The molecule has 6 nitrogen and oxygen atoms in total. The van der Waals surface area contributed by atoms with Crippen LogP contribution in [0, 0.1) is 5.82 Å². The zero-order chi connectivity index (χ0) is 22.5. The van der Waals surface area contributed by atoms with Gasteiger partial charge in [0.25, 0.3) is 0 Å². The smallest absolute Gasteiger partial charge is 0.203 e. The Bertz CT molecular complexity index is 1030. The number of benzene rings is 2. The van der Waals surface area contributed by atoms with Crippen molar-refractivity contribution in [2.45, 2.75) is 38.3 Å². The molecule has 7 heteroatoms. The number of aromatic nitrogens is 1. The van der Waals surface area contributed by atoms with Crippen molar-refractivity contribution in [1.82, 2.24) is 10.1 Å². The van der Waals surface area contributed by atoms with Crippen molar-refractivity contribution in [1.29, 1.82) is 0 Å². The van der Waals surface area contributed by atoms with Crippen LogP contribution in [-0.4, -0.2) is 37.9 Å². The molecule has 0 spiro atoms. The van der Waals surface area contributed by atoms with E-state index in [1.807, 2.05) is 18.2 Å². The summed E-state index contributed by atoms with van der Waals surface area (Å²) >= 11 is 0. The van der Waals surface area contributed by atoms with Crippen LogP contribution >= 0.6 is 0 Å². The van der Waals surface area contributed by atoms with E-state index >= 15 is 0 Å². The molecule has 1 aromatic heterocycles. The number of halogens is 1. The summed E-state index contributed by atoms with van der Waals surface area (Å²) < 4.78 is 35.6. The maximum atomic E-state index is 13.3. The van der Waals surface area contributed by atoms with Crippen LogP contribution in [0.1, 0.15) is 43.0 Å². The van der Waals surface area contributed by atoms with Crippen LogP contribution in [0.4, 0.5) is 4.39 Å². The van der Waals surface area contributed by atoms with Gasteiger partial charge in [0.2, 0.25) is 5.75 Å². The predicted octanol–water partition coefficient (Wildman–Crippen LogP) is 5.62. The molecule has 4 rings (SSSR count). The van der Waals surface area contributed by atoms with Gasteiger partial charge in [0.15, 0.2) is 17.3 Å². The molecule has 1 aliphatic heterocycles. The van der Waals surface area contributed by atoms with Crippen molar-refractivity contribution in [3.63, 3.8) is 0 Å². The molecule has 2 aromatic carbocycles. The molecule has 0 unspecified atom stereocenters. The van der Waals surface area contributed by atoms with E-state index in [0.717, 1.165) is 42.6 Å². The van der Waals surface area contributed by atoms with E-state index in [0.29, 0.717) is 29.6 Å². The van der Waals surface area contributed by atoms with E-state index in [-0.39, 0.29) is 11.9 Å². The van der Waals surface area contributed by atoms with Crippen LogP contribution in [0.3, 0.4) is 0 Å². The lowest BCUT2D eigenvalue weighted by Crippen LogP contribution is -2.28. The number of ether oxygens (including phenoxy) is 3. The maximum absolute atomic E-state index is 13.3. The summed E-state index contributed by atoms with van der Waals surface area (Å²) in [6.45, 7) is 1.63. The number of methoxy groups -OCH3 is 3. The van der Waals surface area contributed by atoms with Crippen molar-refractivity contribution in [3.8, 4) is 28.6 Å². The Morgan fingerprint density at radius 2 is 1.75 bits per heavy atom. The van der Waals surface area contributed by atoms with Gasteiger partial charge in [0.1, 0.15) is 11.5 Å². The van der Waals surface area contributed by atoms with Gasteiger partial charge in [-0.25, -0.2) is 4.39 Å². The molecule has 1 aliphatic rings. The van der Waals surface area contributed by atoms with E-state index in [2.05, 4.69) is 10.1 Å². The highest BCUT2D eigenvalue weighted by molar-refractivity contribution is 5.57. The van der Waals surface area contributed by atoms with Crippen LogP contribution in [-0.2, 0) is 6.54 Å². The highest BCUT2D eigenvalue weighted by Gasteiger charge is 2.28. The number of hydrogen-bond donors (Lipinski definition) is 0. The number of nitrogens with zero attached hydrogens (tertiary/aromatic N) is 2. The van der Waals surface area contributed by atoms with Gasteiger partial charge in [-0.15, -0.1) is 0 Å². The second-order valence-electron chi connectivity index (χ2n) is 7.95. The summed E-state index contributed by atoms with van der Waals surface area (Å²) in [6, 6.07) is 12.3. The Labute approximate surface area is 187 Å². The van der Waals surface area contributed by atoms with E-state index < -0.39 is 0 Å². The first-order chi connectivity index (χ1) is 15.6. The molecule has 1 saturated heterocycles. The van der Waals surface area contributed by atoms with Crippen molar-refractivity contribution in [2.75, 3.05) is 27.9 Å². The number of hydrogen-bond acceptors (Lipinski definition) is 6. The van der Waals surface area contributed by atoms with Gasteiger partial charge in [0, 0.05) is 23.7 Å². The molecule has 0 saturated carbocycles. The topological polar surface area (TPSA) is 57.0 Å². The lowest BCUT2D eigenvalue weighted by molar-refractivity contribution is 0.181. The first-order valence-corrected chi connectivity index (χ1v) is 10.9. The van der Waals surface area contributed by atoms with Crippen LogP contribution in [0.15, 0.2) is 47.0 Å². The molecule has 32 heavy (non-hydrogen) atoms. The Morgan fingerprint density at radius 1 is 0.969 bits per heavy atom. The molecular formula is C25H29FN2O4. The summed E-state index contributed by atoms with van der Waals surface area (Å²) in [7, 11) is 4.88. The Morgan fingerprint density at radius 3 is 2.47 bits per heavy atom. The molecule has 0 bridgehead atoms. The van der Waals surface area contributed by atoms with Crippen molar-refractivity contribution in [2.24, 2.45) is 0 Å². The van der Waals surface area contributed by atoms with Gasteiger partial charge >= 0.3 is 0 Å². The first kappa shape index (κ1) is 22.1. The first-order valence-electron chi connectivity index (χ1n) is 10.9. The molecule has 0 N–H and O–H groups in total. The highest BCUT2D eigenvalue weighted by Crippen LogP contribution is 2.41. The molecule has 0 aliphatic carbocycles. The summed E-state index contributed by atoms with van der Waals surface area (Å²) in [5.74, 6) is 2.29. The molecule has 0 radical (unpaired) electrons. The van der Waals surface area contributed by atoms with Crippen molar-refractivity contribution < 1.29 is 23.1 Å². The van der Waals surface area contributed by atoms with Crippen LogP contribution in [0.2, 0.25) is 0 Å². The monoisotopic (exact) mass is 440 g/mol. The van der Waals surface area contributed by atoms with E-state index in [1.54, 1.807) is 33.5 Å². The minimum absolute atomic E-state index is 0.119. The second-order valence-corrected chi connectivity index (χ2v) is 7.95. The standard InChI is InChI=1S/C25H29FN2O4/c1-29-22-13-10-18(24(30-2)25(22)31-3)16-28-14-6-4-5-7-21(28)20-15-23(32-27-20)17-8-11-19(26)12-9-17/h8-13,15,21H,4-7,14,16H2,1-3H3/t21-/m1/s1. The minimum atomic E-state index is -0.271. The summed E-state index contributed by atoms with van der Waals surface area (Å²) in [4.78, 5) is 2.42. The van der Waals surface area contributed by atoms with Gasteiger partial charge in [-0.2, -0.15) is 0 Å². The second kappa shape index (κ2) is 10.0. The lowest BCUT2D eigenvalue weighted by Gasteiger charge is -2.29. The summed E-state index contributed by atoms with van der Waals surface area (Å²) in [5.41, 5.74) is 2.73. The van der Waals surface area contributed by atoms with Crippen molar-refractivity contribution >= 4 is 0 Å². The average molecular weight is 441 g/mol. The molecule has 1 atom stereocenters. The van der Waals surface area contributed by atoms with Crippen LogP contribution < -0.4 is 14.2 Å². The van der Waals surface area contributed by atoms with E-state index in [4.69, 9.17) is 18.7 Å². The third-order valence-corrected chi connectivity index (χ3v) is 6.02. The lowest BCUT2D eigenvalue weighted by atomic mass is 10.0. The maximum Gasteiger partial charge on any atom is 0.203 e. The fraction of sp³-hybridized carbons (Fsp3) is 0.400. The molecule has 1 fully saturated rings. The molecular weight excluding hydrogens is 411 g/mol. The zero-order valence-corrected chi connectivity index (χ0v) is 18.8. The fourth-order valence-electron chi connectivity index (χ4n) is 4.39. The van der Waals surface area contributed by atoms with E-state index in [9.17, 15) is 4.39 Å². The van der Waals surface area contributed by atoms with Gasteiger partial charge in [-0.1, -0.05) is 24.1 Å². The minimum Gasteiger partial charge on any atom is -0.493 e. The quantitative estimate of drug-likeness (QED) is 0.475. The number of rotatable bonds is 7. The van der Waals surface area contributed by atoms with Crippen molar-refractivity contribution in [3.05, 3.63) is 59.5 Å². The third kappa shape index (κ3) is 4.58. The molecule has 170 valence electrons. The average Bonchev–Trinajstić information content (AvgIpc) is 3.19. The van der Waals surface area contributed by atoms with Gasteiger partial charge < -0.3 is 18.7 Å². The summed E-state index contributed by atoms with van der Waals surface area (Å²) in [6.07, 6.45) is 4.42. The Hall–Kier alpha value is -3.06.